The van der Waals surface area contributed by atoms with E-state index in [0.29, 0.717) is 4.88 Å². The molecule has 90 valence electrons. The van der Waals surface area contributed by atoms with Gasteiger partial charge in [0.25, 0.3) is 0 Å². The zero-order valence-electron chi connectivity index (χ0n) is 8.53. The summed E-state index contributed by atoms with van der Waals surface area (Å²) in [5.74, 6) is -0.219. The van der Waals surface area contributed by atoms with Gasteiger partial charge in [0.05, 0.1) is 8.66 Å². The summed E-state index contributed by atoms with van der Waals surface area (Å²) in [7, 11) is 0. The fraction of sp³-hybridized carbons (Fsp3) is 0.500. The van der Waals surface area contributed by atoms with Crippen LogP contribution in [-0.4, -0.2) is 12.0 Å². The summed E-state index contributed by atoms with van der Waals surface area (Å²) in [5.41, 5.74) is 0.934. The summed E-state index contributed by atoms with van der Waals surface area (Å²) in [6.45, 7) is 1.84. The minimum Gasteiger partial charge on any atom is -0.293 e. The number of thiophene rings is 1. The summed E-state index contributed by atoms with van der Waals surface area (Å²) in [6, 6.07) is 1.70. The van der Waals surface area contributed by atoms with Crippen LogP contribution in [0.25, 0.3) is 0 Å². The van der Waals surface area contributed by atoms with E-state index < -0.39 is 12.6 Å². The summed E-state index contributed by atoms with van der Waals surface area (Å²) in [6.07, 6.45) is -5.26. The average molecular weight is 315 g/mol. The van der Waals surface area contributed by atoms with Gasteiger partial charge in [-0.15, -0.1) is 11.3 Å². The van der Waals surface area contributed by atoms with Crippen molar-refractivity contribution in [3.63, 3.8) is 0 Å². The van der Waals surface area contributed by atoms with Crippen molar-refractivity contribution < 1.29 is 18.0 Å². The molecule has 6 heteroatoms. The van der Waals surface area contributed by atoms with Gasteiger partial charge in [-0.05, 0) is 40.9 Å². The Hall–Kier alpha value is -0.360. The fourth-order valence-corrected chi connectivity index (χ4v) is 2.67. The Morgan fingerprint density at radius 3 is 2.56 bits per heavy atom. The lowest BCUT2D eigenvalue weighted by molar-refractivity contribution is -0.135. The second kappa shape index (κ2) is 5.31. The molecule has 0 atom stereocenters. The van der Waals surface area contributed by atoms with Crippen LogP contribution in [0.2, 0.25) is 0 Å². The molecule has 0 radical (unpaired) electrons. The average Bonchev–Trinajstić information content (AvgIpc) is 2.45. The Morgan fingerprint density at radius 2 is 2.12 bits per heavy atom. The number of alkyl halides is 3. The molecule has 0 fully saturated rings. The van der Waals surface area contributed by atoms with Crippen molar-refractivity contribution in [2.75, 3.05) is 0 Å². The first-order valence-corrected chi connectivity index (χ1v) is 6.26. The van der Waals surface area contributed by atoms with Crippen LogP contribution >= 0.6 is 27.3 Å². The molecule has 0 aliphatic heterocycles. The lowest BCUT2D eigenvalue weighted by atomic mass is 10.1. The quantitative estimate of drug-likeness (QED) is 0.734. The molecule has 0 N–H and O–H groups in total. The Bertz CT molecular complexity index is 364. The molecule has 0 saturated carbocycles. The minimum absolute atomic E-state index is 0.0497. The third-order valence-corrected chi connectivity index (χ3v) is 4.17. The van der Waals surface area contributed by atoms with Crippen molar-refractivity contribution in [2.24, 2.45) is 0 Å². The van der Waals surface area contributed by atoms with E-state index in [-0.39, 0.29) is 18.6 Å². The zero-order valence-corrected chi connectivity index (χ0v) is 10.9. The van der Waals surface area contributed by atoms with Crippen molar-refractivity contribution in [3.8, 4) is 0 Å². The molecule has 1 rings (SSSR count). The van der Waals surface area contributed by atoms with Gasteiger partial charge in [0, 0.05) is 12.8 Å². The first kappa shape index (κ1) is 13.7. The van der Waals surface area contributed by atoms with E-state index in [0.717, 1.165) is 9.35 Å². The maximum absolute atomic E-state index is 11.9. The van der Waals surface area contributed by atoms with Crippen LogP contribution < -0.4 is 0 Å². The second-order valence-corrected chi connectivity index (χ2v) is 5.83. The van der Waals surface area contributed by atoms with Gasteiger partial charge in [0.2, 0.25) is 0 Å². The molecular formula is C10H10BrF3OS. The fourth-order valence-electron chi connectivity index (χ4n) is 1.17. The number of ketones is 1. The predicted octanol–water partition coefficient (Wildman–Crippen LogP) is 4.73. The third-order valence-electron chi connectivity index (χ3n) is 2.00. The maximum atomic E-state index is 11.9. The van der Waals surface area contributed by atoms with Gasteiger partial charge in [-0.3, -0.25) is 4.79 Å². The third kappa shape index (κ3) is 4.25. The van der Waals surface area contributed by atoms with E-state index >= 15 is 0 Å². The zero-order chi connectivity index (χ0) is 12.3. The van der Waals surface area contributed by atoms with Gasteiger partial charge in [-0.25, -0.2) is 0 Å². The molecular weight excluding hydrogens is 305 g/mol. The number of hydrogen-bond donors (Lipinski definition) is 0. The van der Waals surface area contributed by atoms with Crippen molar-refractivity contribution in [2.45, 2.75) is 32.4 Å². The predicted molar refractivity (Wildman–Crippen MR) is 61.0 cm³/mol. The first-order valence-electron chi connectivity index (χ1n) is 4.65. The molecule has 1 nitrogen and oxygen atoms in total. The highest BCUT2D eigenvalue weighted by molar-refractivity contribution is 9.11. The first-order chi connectivity index (χ1) is 7.29. The number of carbonyl (C=O) groups excluding carboxylic acids is 1. The van der Waals surface area contributed by atoms with Crippen LogP contribution in [0.15, 0.2) is 9.85 Å². The Balaban J connectivity index is 2.47. The Kier molecular flexibility index (Phi) is 4.55. The molecule has 0 unspecified atom stereocenters. The molecule has 0 amide bonds. The summed E-state index contributed by atoms with van der Waals surface area (Å²) >= 11 is 4.54. The van der Waals surface area contributed by atoms with Gasteiger partial charge in [-0.2, -0.15) is 13.2 Å². The van der Waals surface area contributed by atoms with E-state index in [4.69, 9.17) is 0 Å². The topological polar surface area (TPSA) is 17.1 Å². The van der Waals surface area contributed by atoms with E-state index in [1.807, 2.05) is 6.92 Å². The van der Waals surface area contributed by atoms with E-state index in [2.05, 4.69) is 15.9 Å². The smallest absolute Gasteiger partial charge is 0.293 e. The molecule has 0 aliphatic carbocycles. The summed E-state index contributed by atoms with van der Waals surface area (Å²) in [4.78, 5) is 12.0. The summed E-state index contributed by atoms with van der Waals surface area (Å²) in [5, 5.41) is 0. The van der Waals surface area contributed by atoms with E-state index in [9.17, 15) is 18.0 Å². The molecule has 1 aromatic rings. The largest absolute Gasteiger partial charge is 0.389 e. The van der Waals surface area contributed by atoms with Crippen molar-refractivity contribution in [3.05, 3.63) is 20.3 Å². The molecule has 0 aromatic carbocycles. The number of halogens is 4. The van der Waals surface area contributed by atoms with Crippen LogP contribution in [0.5, 0.6) is 0 Å². The van der Waals surface area contributed by atoms with Gasteiger partial charge in [0.1, 0.15) is 0 Å². The molecule has 0 spiro atoms. The van der Waals surface area contributed by atoms with Gasteiger partial charge in [0.15, 0.2) is 5.78 Å². The summed E-state index contributed by atoms with van der Waals surface area (Å²) < 4.78 is 36.4. The number of Topliss-reactive ketones (excluding diaryl/α,β-unsaturated/α-hetero) is 1. The minimum atomic E-state index is -4.17. The second-order valence-electron chi connectivity index (χ2n) is 3.46. The molecule has 16 heavy (non-hydrogen) atoms. The van der Waals surface area contributed by atoms with Crippen LogP contribution in [0, 0.1) is 6.92 Å². The standard InChI is InChI=1S/C10H10BrF3OS/c1-6-5-8(16-9(6)11)7(15)3-2-4-10(12,13)14/h5H,2-4H2,1H3. The molecule has 0 aliphatic rings. The van der Waals surface area contributed by atoms with Gasteiger partial charge in [-0.1, -0.05) is 0 Å². The Labute approximate surface area is 104 Å². The molecule has 0 saturated heterocycles. The number of aryl methyl sites for hydroxylation is 1. The van der Waals surface area contributed by atoms with Crippen molar-refractivity contribution in [1.82, 2.24) is 0 Å². The van der Waals surface area contributed by atoms with E-state index in [1.54, 1.807) is 6.07 Å². The van der Waals surface area contributed by atoms with E-state index in [1.165, 1.54) is 11.3 Å². The molecule has 1 heterocycles. The molecule has 0 bridgehead atoms. The normalized spacial score (nSPS) is 11.8. The lowest BCUT2D eigenvalue weighted by Gasteiger charge is -2.04. The lowest BCUT2D eigenvalue weighted by Crippen LogP contribution is -2.08. The molecule has 1 aromatic heterocycles. The highest BCUT2D eigenvalue weighted by Gasteiger charge is 2.26. The van der Waals surface area contributed by atoms with Crippen molar-refractivity contribution in [1.29, 1.82) is 0 Å². The highest BCUT2D eigenvalue weighted by Crippen LogP contribution is 2.29. The monoisotopic (exact) mass is 314 g/mol. The number of carbonyl (C=O) groups is 1. The van der Waals surface area contributed by atoms with Crippen LogP contribution in [0.1, 0.15) is 34.5 Å². The van der Waals surface area contributed by atoms with Gasteiger partial charge >= 0.3 is 6.18 Å². The SMILES string of the molecule is Cc1cc(C(=O)CCCC(F)(F)F)sc1Br. The van der Waals surface area contributed by atoms with Crippen LogP contribution in [-0.2, 0) is 0 Å². The number of rotatable bonds is 4. The highest BCUT2D eigenvalue weighted by atomic mass is 79.9. The van der Waals surface area contributed by atoms with Gasteiger partial charge < -0.3 is 0 Å². The van der Waals surface area contributed by atoms with Crippen molar-refractivity contribution >= 4 is 33.0 Å². The maximum Gasteiger partial charge on any atom is 0.389 e. The van der Waals surface area contributed by atoms with Crippen LogP contribution in [0.4, 0.5) is 13.2 Å². The van der Waals surface area contributed by atoms with Crippen LogP contribution in [0.3, 0.4) is 0 Å². The Morgan fingerprint density at radius 1 is 1.50 bits per heavy atom. The number of hydrogen-bond acceptors (Lipinski definition) is 2.